The first kappa shape index (κ1) is 32.2. The highest BCUT2D eigenvalue weighted by Crippen LogP contribution is 2.46. The maximum absolute atomic E-state index is 6.54. The number of hydrogen-bond donors (Lipinski definition) is 1. The minimum Gasteiger partial charge on any atom is -0.416 e. The van der Waals surface area contributed by atoms with Gasteiger partial charge in [0.2, 0.25) is 0 Å². The molecule has 0 amide bonds. The zero-order valence-electron chi connectivity index (χ0n) is 25.3. The Labute approximate surface area is 233 Å². The molecule has 8 heteroatoms. The van der Waals surface area contributed by atoms with Crippen molar-refractivity contribution in [3.05, 3.63) is 29.8 Å². The van der Waals surface area contributed by atoms with E-state index in [9.17, 15) is 0 Å². The minimum absolute atomic E-state index is 0.246. The molecule has 1 heterocycles. The van der Waals surface area contributed by atoms with Crippen molar-refractivity contribution in [2.45, 2.75) is 107 Å². The molecule has 1 N–H and O–H groups in total. The summed E-state index contributed by atoms with van der Waals surface area (Å²) in [6.45, 7) is 32.5. The SMILES string of the molecule is CC(C)(C)[Si](C)(C)OCCSc1[nH]c2ccccc2c1C(SCCO[Si](C)(C)C(C)(C)C)[Si](C)(C)C. The van der Waals surface area contributed by atoms with E-state index in [1.807, 2.05) is 11.8 Å². The molecule has 1 aromatic heterocycles. The van der Waals surface area contributed by atoms with Crippen LogP contribution in [0.3, 0.4) is 0 Å². The molecule has 36 heavy (non-hydrogen) atoms. The summed E-state index contributed by atoms with van der Waals surface area (Å²) >= 11 is 4.06. The predicted molar refractivity (Wildman–Crippen MR) is 174 cm³/mol. The first-order valence-electron chi connectivity index (χ1n) is 13.4. The fourth-order valence-electron chi connectivity index (χ4n) is 3.62. The maximum atomic E-state index is 6.54. The van der Waals surface area contributed by atoms with Gasteiger partial charge in [0.05, 0.1) is 13.1 Å². The molecule has 2 rings (SSSR count). The zero-order valence-corrected chi connectivity index (χ0v) is 30.0. The van der Waals surface area contributed by atoms with Crippen LogP contribution in [0.25, 0.3) is 10.9 Å². The van der Waals surface area contributed by atoms with E-state index in [1.54, 1.807) is 0 Å². The Morgan fingerprint density at radius 2 is 1.28 bits per heavy atom. The van der Waals surface area contributed by atoms with E-state index in [0.29, 0.717) is 4.87 Å². The van der Waals surface area contributed by atoms with Crippen LogP contribution in [0.4, 0.5) is 0 Å². The van der Waals surface area contributed by atoms with Crippen molar-refractivity contribution < 1.29 is 8.85 Å². The zero-order chi connectivity index (χ0) is 27.6. The van der Waals surface area contributed by atoms with Crippen LogP contribution in [0, 0.1) is 0 Å². The number of benzene rings is 1. The first-order chi connectivity index (χ1) is 16.3. The number of thioether (sulfide) groups is 2. The maximum Gasteiger partial charge on any atom is 0.192 e. The van der Waals surface area contributed by atoms with Crippen molar-refractivity contribution in [2.24, 2.45) is 0 Å². The van der Waals surface area contributed by atoms with Gasteiger partial charge in [-0.15, -0.1) is 11.8 Å². The van der Waals surface area contributed by atoms with Gasteiger partial charge in [0, 0.05) is 46.1 Å². The largest absolute Gasteiger partial charge is 0.416 e. The molecule has 0 aliphatic heterocycles. The Hall–Kier alpha value is 0.0306. The summed E-state index contributed by atoms with van der Waals surface area (Å²) in [5.74, 6) is 2.02. The smallest absolute Gasteiger partial charge is 0.192 e. The minimum atomic E-state index is -1.72. The van der Waals surface area contributed by atoms with E-state index < -0.39 is 24.7 Å². The number of fused-ring (bicyclic) bond motifs is 1. The quantitative estimate of drug-likeness (QED) is 0.153. The van der Waals surface area contributed by atoms with Crippen molar-refractivity contribution in [1.29, 1.82) is 0 Å². The molecule has 1 unspecified atom stereocenters. The molecule has 0 spiro atoms. The molecular formula is C28H53NO2S2Si3. The van der Waals surface area contributed by atoms with Crippen LogP contribution >= 0.6 is 23.5 Å². The van der Waals surface area contributed by atoms with Gasteiger partial charge in [-0.2, -0.15) is 11.8 Å². The van der Waals surface area contributed by atoms with Crippen LogP contribution in [0.1, 0.15) is 52.0 Å². The van der Waals surface area contributed by atoms with E-state index in [2.05, 4.69) is 128 Å². The number of aromatic nitrogens is 1. The molecule has 0 fully saturated rings. The van der Waals surface area contributed by atoms with Crippen molar-refractivity contribution in [2.75, 3.05) is 24.7 Å². The summed E-state index contributed by atoms with van der Waals surface area (Å²) in [6, 6.07) is 8.85. The molecule has 0 saturated carbocycles. The summed E-state index contributed by atoms with van der Waals surface area (Å²) in [6.07, 6.45) is 0. The monoisotopic (exact) mass is 583 g/mol. The van der Waals surface area contributed by atoms with E-state index in [-0.39, 0.29) is 10.1 Å². The van der Waals surface area contributed by atoms with Gasteiger partial charge in [0.15, 0.2) is 16.6 Å². The van der Waals surface area contributed by atoms with Crippen molar-refractivity contribution >= 4 is 59.1 Å². The van der Waals surface area contributed by atoms with Crippen molar-refractivity contribution in [3.8, 4) is 0 Å². The summed E-state index contributed by atoms with van der Waals surface area (Å²) < 4.78 is 13.0. The standard InChI is InChI=1S/C28H53NO2S2Si3/c1-27(2,3)35(10,11)30-18-20-32-25-24(22-16-14-15-17-23(22)29-25)26(34(7,8)9)33-21-19-31-36(12,13)28(4,5)6/h14-17,26,29H,18-21H2,1-13H3. The van der Waals surface area contributed by atoms with Gasteiger partial charge >= 0.3 is 0 Å². The lowest BCUT2D eigenvalue weighted by Crippen LogP contribution is -2.41. The van der Waals surface area contributed by atoms with E-state index >= 15 is 0 Å². The third kappa shape index (κ3) is 8.26. The lowest BCUT2D eigenvalue weighted by molar-refractivity contribution is 0.311. The van der Waals surface area contributed by atoms with E-state index in [4.69, 9.17) is 8.85 Å². The predicted octanol–water partition coefficient (Wildman–Crippen LogP) is 9.96. The van der Waals surface area contributed by atoms with Crippen LogP contribution in [-0.2, 0) is 8.85 Å². The number of hydrogen-bond acceptors (Lipinski definition) is 4. The molecular weight excluding hydrogens is 531 g/mol. The van der Waals surface area contributed by atoms with Gasteiger partial charge in [-0.05, 0) is 42.3 Å². The number of aromatic amines is 1. The fourth-order valence-corrected chi connectivity index (χ4v) is 11.5. The highest BCUT2D eigenvalue weighted by Gasteiger charge is 2.38. The van der Waals surface area contributed by atoms with Crippen LogP contribution in [-0.4, -0.2) is 54.4 Å². The molecule has 206 valence electrons. The van der Waals surface area contributed by atoms with Crippen molar-refractivity contribution in [3.63, 3.8) is 0 Å². The lowest BCUT2D eigenvalue weighted by atomic mass is 10.2. The van der Waals surface area contributed by atoms with Gasteiger partial charge in [0.25, 0.3) is 0 Å². The third-order valence-electron chi connectivity index (χ3n) is 7.99. The van der Waals surface area contributed by atoms with E-state index in [0.717, 1.165) is 24.7 Å². The summed E-state index contributed by atoms with van der Waals surface area (Å²) in [5.41, 5.74) is 2.76. The molecule has 2 aromatic rings. The Bertz CT molecular complexity index is 985. The highest BCUT2D eigenvalue weighted by molar-refractivity contribution is 8.01. The first-order valence-corrected chi connectivity index (χ1v) is 24.8. The number of rotatable bonds is 12. The van der Waals surface area contributed by atoms with E-state index in [1.165, 1.54) is 21.5 Å². The van der Waals surface area contributed by atoms with Gasteiger partial charge < -0.3 is 13.8 Å². The summed E-state index contributed by atoms with van der Waals surface area (Å²) in [4.78, 5) is 4.30. The molecule has 1 aromatic carbocycles. The normalized spacial score (nSPS) is 15.0. The average Bonchev–Trinajstić information content (AvgIpc) is 3.06. The van der Waals surface area contributed by atoms with Gasteiger partial charge in [0.1, 0.15) is 0 Å². The Balaban J connectivity index is 2.22. The molecule has 0 bridgehead atoms. The van der Waals surface area contributed by atoms with Gasteiger partial charge in [-0.1, -0.05) is 79.4 Å². The number of H-pyrrole nitrogens is 1. The van der Waals surface area contributed by atoms with Crippen LogP contribution in [0.15, 0.2) is 29.3 Å². The fraction of sp³-hybridized carbons (Fsp3) is 0.714. The highest BCUT2D eigenvalue weighted by atomic mass is 32.2. The number of para-hydroxylation sites is 1. The van der Waals surface area contributed by atoms with Crippen LogP contribution in [0.2, 0.25) is 55.9 Å². The molecule has 1 atom stereocenters. The van der Waals surface area contributed by atoms with Crippen LogP contribution < -0.4 is 0 Å². The van der Waals surface area contributed by atoms with Crippen molar-refractivity contribution in [1.82, 2.24) is 4.98 Å². The van der Waals surface area contributed by atoms with Gasteiger partial charge in [-0.3, -0.25) is 0 Å². The Kier molecular flexibility index (Phi) is 10.8. The summed E-state index contributed by atoms with van der Waals surface area (Å²) in [5, 5.41) is 3.22. The second-order valence-corrected chi connectivity index (χ2v) is 31.8. The molecule has 0 radical (unpaired) electrons. The van der Waals surface area contributed by atoms with Gasteiger partial charge in [-0.25, -0.2) is 0 Å². The summed E-state index contributed by atoms with van der Waals surface area (Å²) in [7, 11) is -4.95. The second kappa shape index (κ2) is 12.0. The number of nitrogens with one attached hydrogen (secondary N) is 1. The molecule has 0 aliphatic rings. The molecule has 0 saturated heterocycles. The van der Waals surface area contributed by atoms with Crippen LogP contribution in [0.5, 0.6) is 0 Å². The Morgan fingerprint density at radius 3 is 1.78 bits per heavy atom. The second-order valence-electron chi connectivity index (χ2n) is 14.1. The lowest BCUT2D eigenvalue weighted by Gasteiger charge is -2.36. The average molecular weight is 584 g/mol. The topological polar surface area (TPSA) is 34.2 Å². The molecule has 0 aliphatic carbocycles. The molecule has 3 nitrogen and oxygen atoms in total. The third-order valence-corrected chi connectivity index (χ3v) is 23.5. The Morgan fingerprint density at radius 1 is 0.778 bits per heavy atom.